The number of aromatic nitrogens is 3. The first-order chi connectivity index (χ1) is 16.0. The molecule has 0 bridgehead atoms. The monoisotopic (exact) mass is 462 g/mol. The Hall–Kier alpha value is -3.98. The fraction of sp³-hybridized carbons (Fsp3) is 0.0417. The maximum Gasteiger partial charge on any atom is 0.283 e. The number of thioether (sulfide) groups is 1. The highest BCUT2D eigenvalue weighted by molar-refractivity contribution is 7.99. The van der Waals surface area contributed by atoms with Crippen LogP contribution in [0, 0.1) is 11.6 Å². The number of aromatic amines is 1. The maximum absolute atomic E-state index is 13.5. The number of hydrogen-bond acceptors (Lipinski definition) is 4. The van der Waals surface area contributed by atoms with Gasteiger partial charge in [0.2, 0.25) is 5.91 Å². The lowest BCUT2D eigenvalue weighted by molar-refractivity contribution is -0.113. The smallest absolute Gasteiger partial charge is 0.283 e. The molecule has 2 heterocycles. The van der Waals surface area contributed by atoms with Crippen LogP contribution >= 0.6 is 11.8 Å². The topological polar surface area (TPSA) is 79.8 Å². The van der Waals surface area contributed by atoms with Crippen LogP contribution in [0.3, 0.4) is 0 Å². The molecule has 5 aromatic rings. The lowest BCUT2D eigenvalue weighted by Crippen LogP contribution is -2.23. The molecule has 33 heavy (non-hydrogen) atoms. The maximum atomic E-state index is 13.5. The summed E-state index contributed by atoms with van der Waals surface area (Å²) < 4.78 is 28.2. The number of halogens is 2. The van der Waals surface area contributed by atoms with Crippen LogP contribution in [0.15, 0.2) is 82.7 Å². The number of para-hydroxylation sites is 1. The molecule has 0 radical (unpaired) electrons. The van der Waals surface area contributed by atoms with Gasteiger partial charge in [-0.05, 0) is 48.5 Å². The van der Waals surface area contributed by atoms with Crippen LogP contribution in [-0.4, -0.2) is 26.2 Å². The van der Waals surface area contributed by atoms with Crippen molar-refractivity contribution in [2.24, 2.45) is 0 Å². The summed E-state index contributed by atoms with van der Waals surface area (Å²) in [5.74, 6) is -1.35. The van der Waals surface area contributed by atoms with Gasteiger partial charge in [-0.25, -0.2) is 13.8 Å². The Balaban J connectivity index is 1.56. The van der Waals surface area contributed by atoms with Gasteiger partial charge in [0.1, 0.15) is 22.7 Å². The number of hydrogen-bond donors (Lipinski definition) is 2. The lowest BCUT2D eigenvalue weighted by Gasteiger charge is -2.12. The molecule has 9 heteroatoms. The number of carbonyl (C=O) groups is 1. The number of fused-ring (bicyclic) bond motifs is 3. The van der Waals surface area contributed by atoms with Crippen molar-refractivity contribution in [1.82, 2.24) is 14.5 Å². The Morgan fingerprint density at radius 3 is 2.58 bits per heavy atom. The first-order valence-electron chi connectivity index (χ1n) is 9.97. The number of nitrogens with zero attached hydrogens (tertiary/aromatic N) is 2. The van der Waals surface area contributed by atoms with Crippen molar-refractivity contribution in [3.8, 4) is 5.69 Å². The van der Waals surface area contributed by atoms with Crippen molar-refractivity contribution in [2.45, 2.75) is 5.16 Å². The van der Waals surface area contributed by atoms with Gasteiger partial charge in [-0.15, -0.1) is 0 Å². The van der Waals surface area contributed by atoms with Gasteiger partial charge in [0, 0.05) is 16.6 Å². The van der Waals surface area contributed by atoms with E-state index in [4.69, 9.17) is 0 Å². The van der Waals surface area contributed by atoms with Crippen molar-refractivity contribution >= 4 is 45.3 Å². The van der Waals surface area contributed by atoms with Gasteiger partial charge in [-0.2, -0.15) is 0 Å². The first-order valence-corrected chi connectivity index (χ1v) is 11.0. The van der Waals surface area contributed by atoms with Gasteiger partial charge >= 0.3 is 0 Å². The molecule has 6 nitrogen and oxygen atoms in total. The molecule has 0 saturated heterocycles. The van der Waals surface area contributed by atoms with Gasteiger partial charge in [0.15, 0.2) is 5.16 Å². The summed E-state index contributed by atoms with van der Waals surface area (Å²) in [6, 6.07) is 18.4. The number of rotatable bonds is 5. The molecule has 164 valence electrons. The molecule has 0 aliphatic carbocycles. The average molecular weight is 462 g/mol. The molecule has 0 saturated carbocycles. The normalized spacial score (nSPS) is 11.2. The summed E-state index contributed by atoms with van der Waals surface area (Å²) in [5, 5.41) is 3.68. The van der Waals surface area contributed by atoms with Crippen molar-refractivity contribution in [3.05, 3.63) is 94.8 Å². The number of anilines is 1. The van der Waals surface area contributed by atoms with Crippen molar-refractivity contribution in [1.29, 1.82) is 0 Å². The van der Waals surface area contributed by atoms with Gasteiger partial charge in [-0.3, -0.25) is 14.2 Å². The zero-order valence-corrected chi connectivity index (χ0v) is 17.8. The first kappa shape index (κ1) is 20.9. The molecule has 2 aromatic heterocycles. The molecule has 0 aliphatic heterocycles. The van der Waals surface area contributed by atoms with E-state index < -0.39 is 11.6 Å². The van der Waals surface area contributed by atoms with E-state index in [-0.39, 0.29) is 22.4 Å². The van der Waals surface area contributed by atoms with Gasteiger partial charge in [0.25, 0.3) is 5.56 Å². The molecular weight excluding hydrogens is 446 g/mol. The minimum atomic E-state index is -0.461. The second-order valence-electron chi connectivity index (χ2n) is 7.25. The number of benzene rings is 3. The van der Waals surface area contributed by atoms with E-state index in [1.807, 2.05) is 24.3 Å². The molecule has 5 rings (SSSR count). The van der Waals surface area contributed by atoms with E-state index in [9.17, 15) is 18.4 Å². The highest BCUT2D eigenvalue weighted by Gasteiger charge is 2.18. The highest BCUT2D eigenvalue weighted by Crippen LogP contribution is 2.26. The van der Waals surface area contributed by atoms with Crippen molar-refractivity contribution in [2.75, 3.05) is 11.1 Å². The largest absolute Gasteiger partial charge is 0.349 e. The van der Waals surface area contributed by atoms with Crippen LogP contribution in [0.25, 0.3) is 27.6 Å². The predicted octanol–water partition coefficient (Wildman–Crippen LogP) is 4.88. The van der Waals surface area contributed by atoms with Gasteiger partial charge in [0.05, 0.1) is 11.4 Å². The minimum Gasteiger partial charge on any atom is -0.349 e. The predicted molar refractivity (Wildman–Crippen MR) is 125 cm³/mol. The fourth-order valence-corrected chi connectivity index (χ4v) is 4.36. The standard InChI is InChI=1S/C24H16F2N4O2S/c25-14-8-10-17(11-9-14)30-23(32)22-21(18-6-1-2-7-19(18)28-22)29-24(30)33-13-20(31)27-16-5-3-4-15(26)12-16/h1-12,28H,13H2,(H,27,31). The molecule has 0 fully saturated rings. The van der Waals surface area contributed by atoms with E-state index in [1.165, 1.54) is 47.0 Å². The summed E-state index contributed by atoms with van der Waals surface area (Å²) >= 11 is 1.06. The third-order valence-corrected chi connectivity index (χ3v) is 5.96. The fourth-order valence-electron chi connectivity index (χ4n) is 3.55. The van der Waals surface area contributed by atoms with E-state index in [0.717, 1.165) is 22.7 Å². The van der Waals surface area contributed by atoms with Crippen LogP contribution in [-0.2, 0) is 4.79 Å². The molecule has 0 spiro atoms. The lowest BCUT2D eigenvalue weighted by atomic mass is 10.2. The second kappa shape index (κ2) is 8.51. The zero-order chi connectivity index (χ0) is 22.9. The second-order valence-corrected chi connectivity index (χ2v) is 8.20. The number of carbonyl (C=O) groups excluding carboxylic acids is 1. The van der Waals surface area contributed by atoms with E-state index in [1.54, 1.807) is 6.07 Å². The molecule has 0 unspecified atom stereocenters. The summed E-state index contributed by atoms with van der Waals surface area (Å²) in [5.41, 5.74) is 1.94. The SMILES string of the molecule is O=C(CSc1nc2c([nH]c3ccccc32)c(=O)n1-c1ccc(F)cc1)Nc1cccc(F)c1. The van der Waals surface area contributed by atoms with Crippen molar-refractivity contribution < 1.29 is 13.6 Å². The third-order valence-electron chi connectivity index (χ3n) is 5.02. The Bertz CT molecular complexity index is 1560. The van der Waals surface area contributed by atoms with E-state index in [2.05, 4.69) is 15.3 Å². The van der Waals surface area contributed by atoms with Crippen molar-refractivity contribution in [3.63, 3.8) is 0 Å². The molecular formula is C24H16F2N4O2S. The van der Waals surface area contributed by atoms with Crippen LogP contribution < -0.4 is 10.9 Å². The Labute approximate surface area is 190 Å². The van der Waals surface area contributed by atoms with Gasteiger partial charge < -0.3 is 10.3 Å². The Morgan fingerprint density at radius 2 is 1.79 bits per heavy atom. The van der Waals surface area contributed by atoms with Crippen LogP contribution in [0.1, 0.15) is 0 Å². The highest BCUT2D eigenvalue weighted by atomic mass is 32.2. The Morgan fingerprint density at radius 1 is 1.00 bits per heavy atom. The zero-order valence-electron chi connectivity index (χ0n) is 17.0. The summed E-state index contributed by atoms with van der Waals surface area (Å²) in [7, 11) is 0. The quantitative estimate of drug-likeness (QED) is 0.288. The molecule has 3 aromatic carbocycles. The molecule has 0 atom stereocenters. The average Bonchev–Trinajstić information content (AvgIpc) is 3.18. The van der Waals surface area contributed by atoms with Gasteiger partial charge in [-0.1, -0.05) is 36.0 Å². The Kier molecular flexibility index (Phi) is 5.39. The summed E-state index contributed by atoms with van der Waals surface area (Å²) in [6.07, 6.45) is 0. The van der Waals surface area contributed by atoms with E-state index in [0.29, 0.717) is 22.4 Å². The minimum absolute atomic E-state index is 0.0714. The molecule has 1 amide bonds. The van der Waals surface area contributed by atoms with Crippen LogP contribution in [0.2, 0.25) is 0 Å². The summed E-state index contributed by atoms with van der Waals surface area (Å²) in [4.78, 5) is 33.7. The van der Waals surface area contributed by atoms with E-state index >= 15 is 0 Å². The number of H-pyrrole nitrogens is 1. The summed E-state index contributed by atoms with van der Waals surface area (Å²) in [6.45, 7) is 0. The number of nitrogens with one attached hydrogen (secondary N) is 2. The number of amides is 1. The molecule has 2 N–H and O–H groups in total. The van der Waals surface area contributed by atoms with Crippen LogP contribution in [0.5, 0.6) is 0 Å². The molecule has 0 aliphatic rings. The van der Waals surface area contributed by atoms with Crippen LogP contribution in [0.4, 0.5) is 14.5 Å². The third kappa shape index (κ3) is 4.10.